The molecule has 3 heteroatoms. The second-order valence-electron chi connectivity index (χ2n) is 11.3. The van der Waals surface area contributed by atoms with E-state index in [1.165, 1.54) is 66.3 Å². The number of aromatic nitrogens is 2. The second-order valence-corrected chi connectivity index (χ2v) is 11.3. The van der Waals surface area contributed by atoms with E-state index in [0.29, 0.717) is 0 Å². The van der Waals surface area contributed by atoms with Gasteiger partial charge in [-0.3, -0.25) is 0 Å². The Bertz CT molecular complexity index is 2080. The SMILES string of the molecule is Cc1ccc2c(c1)c1cc(C)ccc1n2-c1c[c-]c2c(c1)C1(c3ccccc3-c3ccccc31)c1cccnc1-2.[Ir]. The van der Waals surface area contributed by atoms with Gasteiger partial charge in [0, 0.05) is 53.5 Å². The molecule has 9 rings (SSSR count). The van der Waals surface area contributed by atoms with Crippen molar-refractivity contribution in [2.45, 2.75) is 19.3 Å². The first kappa shape index (κ1) is 24.5. The fourth-order valence-electron chi connectivity index (χ4n) is 7.50. The molecule has 41 heavy (non-hydrogen) atoms. The fraction of sp³-hybridized carbons (Fsp3) is 0.0789. The molecular formula is C38H25IrN2-. The summed E-state index contributed by atoms with van der Waals surface area (Å²) >= 11 is 0. The third-order valence-electron chi connectivity index (χ3n) is 9.07. The average Bonchev–Trinajstić information content (AvgIpc) is 3.58. The number of hydrogen-bond acceptors (Lipinski definition) is 1. The van der Waals surface area contributed by atoms with E-state index in [1.54, 1.807) is 0 Å². The minimum Gasteiger partial charge on any atom is -0.351 e. The molecule has 197 valence electrons. The van der Waals surface area contributed by atoms with Crippen LogP contribution in [0.5, 0.6) is 0 Å². The van der Waals surface area contributed by atoms with Crippen molar-refractivity contribution in [2.24, 2.45) is 0 Å². The molecule has 2 nitrogen and oxygen atoms in total. The molecule has 0 bridgehead atoms. The largest absolute Gasteiger partial charge is 0.351 e. The van der Waals surface area contributed by atoms with Crippen molar-refractivity contribution >= 4 is 21.8 Å². The van der Waals surface area contributed by atoms with Gasteiger partial charge in [-0.25, -0.2) is 0 Å². The van der Waals surface area contributed by atoms with Crippen LogP contribution in [-0.4, -0.2) is 9.55 Å². The summed E-state index contributed by atoms with van der Waals surface area (Å²) in [6.07, 6.45) is 1.91. The monoisotopic (exact) mass is 702 g/mol. The number of rotatable bonds is 1. The Labute approximate surface area is 252 Å². The van der Waals surface area contributed by atoms with Crippen molar-refractivity contribution in [3.63, 3.8) is 0 Å². The predicted molar refractivity (Wildman–Crippen MR) is 163 cm³/mol. The second kappa shape index (κ2) is 8.60. The molecule has 1 radical (unpaired) electrons. The summed E-state index contributed by atoms with van der Waals surface area (Å²) in [7, 11) is 0. The zero-order valence-electron chi connectivity index (χ0n) is 22.7. The molecule has 2 heterocycles. The summed E-state index contributed by atoms with van der Waals surface area (Å²) < 4.78 is 2.41. The maximum atomic E-state index is 4.94. The van der Waals surface area contributed by atoms with E-state index in [4.69, 9.17) is 4.98 Å². The van der Waals surface area contributed by atoms with Crippen molar-refractivity contribution in [1.82, 2.24) is 9.55 Å². The Kier molecular flexibility index (Phi) is 5.14. The summed E-state index contributed by atoms with van der Waals surface area (Å²) in [6, 6.07) is 44.0. The molecule has 1 spiro atoms. The van der Waals surface area contributed by atoms with Crippen LogP contribution in [0.15, 0.2) is 115 Å². The molecule has 0 N–H and O–H groups in total. The standard InChI is InChI=1S/C38H25N2.Ir/c1-23-13-17-35-29(20-23)30-21-24(2)14-18-36(30)40(35)25-15-16-28-34(22-25)38(33-12-7-19-39-37(28)33)31-10-5-3-8-26(31)27-9-4-6-11-32(27)38;/h3-15,17-22H,1-2H3;/q-1;. The topological polar surface area (TPSA) is 17.8 Å². The Balaban J connectivity index is 0.00000256. The van der Waals surface area contributed by atoms with Crippen LogP contribution in [-0.2, 0) is 25.5 Å². The maximum Gasteiger partial charge on any atom is 0.0452 e. The number of aryl methyl sites for hydroxylation is 2. The molecule has 0 saturated carbocycles. The number of nitrogens with zero attached hydrogens (tertiary/aromatic N) is 2. The first-order chi connectivity index (χ1) is 19.7. The van der Waals surface area contributed by atoms with Gasteiger partial charge < -0.3 is 9.55 Å². The molecule has 0 saturated heterocycles. The zero-order chi connectivity index (χ0) is 26.6. The molecule has 0 fully saturated rings. The quantitative estimate of drug-likeness (QED) is 0.156. The molecule has 0 aliphatic heterocycles. The van der Waals surface area contributed by atoms with E-state index in [-0.39, 0.29) is 20.1 Å². The number of hydrogen-bond donors (Lipinski definition) is 0. The summed E-state index contributed by atoms with van der Waals surface area (Å²) in [5.74, 6) is 0. The van der Waals surface area contributed by atoms with Gasteiger partial charge in [0.2, 0.25) is 0 Å². The van der Waals surface area contributed by atoms with Gasteiger partial charge in [-0.05, 0) is 77.8 Å². The van der Waals surface area contributed by atoms with E-state index >= 15 is 0 Å². The molecule has 0 atom stereocenters. The molecule has 2 aliphatic rings. The smallest absolute Gasteiger partial charge is 0.0452 e. The van der Waals surface area contributed by atoms with E-state index < -0.39 is 5.41 Å². The van der Waals surface area contributed by atoms with Crippen LogP contribution in [0.4, 0.5) is 0 Å². The van der Waals surface area contributed by atoms with Gasteiger partial charge in [0.05, 0.1) is 0 Å². The Morgan fingerprint density at radius 3 is 1.85 bits per heavy atom. The molecule has 0 unspecified atom stereocenters. The molecule has 2 aliphatic carbocycles. The van der Waals surface area contributed by atoms with Gasteiger partial charge in [0.25, 0.3) is 0 Å². The van der Waals surface area contributed by atoms with E-state index in [9.17, 15) is 0 Å². The van der Waals surface area contributed by atoms with Crippen LogP contribution in [0.1, 0.15) is 33.4 Å². The van der Waals surface area contributed by atoms with Crippen LogP contribution in [0.3, 0.4) is 0 Å². The van der Waals surface area contributed by atoms with E-state index in [2.05, 4.69) is 134 Å². The normalized spacial score (nSPS) is 13.6. The third kappa shape index (κ3) is 3.03. The summed E-state index contributed by atoms with van der Waals surface area (Å²) in [5.41, 5.74) is 15.5. The van der Waals surface area contributed by atoms with Crippen molar-refractivity contribution in [1.29, 1.82) is 0 Å². The van der Waals surface area contributed by atoms with Gasteiger partial charge in [-0.15, -0.1) is 29.3 Å². The van der Waals surface area contributed by atoms with Crippen LogP contribution in [0, 0.1) is 19.9 Å². The van der Waals surface area contributed by atoms with Crippen molar-refractivity contribution in [3.05, 3.63) is 155 Å². The van der Waals surface area contributed by atoms with Gasteiger partial charge in [0.15, 0.2) is 0 Å². The Morgan fingerprint density at radius 1 is 0.634 bits per heavy atom. The van der Waals surface area contributed by atoms with Gasteiger partial charge in [0.1, 0.15) is 0 Å². The third-order valence-corrected chi connectivity index (χ3v) is 9.07. The maximum absolute atomic E-state index is 4.94. The van der Waals surface area contributed by atoms with Crippen LogP contribution < -0.4 is 0 Å². The van der Waals surface area contributed by atoms with Crippen LogP contribution in [0.25, 0.3) is 49.9 Å². The predicted octanol–water partition coefficient (Wildman–Crippen LogP) is 8.94. The Morgan fingerprint density at radius 2 is 1.22 bits per heavy atom. The molecule has 0 amide bonds. The zero-order valence-corrected chi connectivity index (χ0v) is 25.1. The number of pyridine rings is 1. The van der Waals surface area contributed by atoms with Crippen molar-refractivity contribution < 1.29 is 20.1 Å². The first-order valence-electron chi connectivity index (χ1n) is 13.9. The molecule has 2 aromatic heterocycles. The number of benzene rings is 5. The van der Waals surface area contributed by atoms with Crippen molar-refractivity contribution in [2.75, 3.05) is 0 Å². The number of fused-ring (bicyclic) bond motifs is 13. The molecule has 7 aromatic rings. The van der Waals surface area contributed by atoms with E-state index in [1.807, 2.05) is 6.20 Å². The fourth-order valence-corrected chi connectivity index (χ4v) is 7.50. The molecule has 5 aromatic carbocycles. The van der Waals surface area contributed by atoms with E-state index in [0.717, 1.165) is 16.9 Å². The summed E-state index contributed by atoms with van der Waals surface area (Å²) in [4.78, 5) is 4.94. The minimum atomic E-state index is -0.426. The first-order valence-corrected chi connectivity index (χ1v) is 13.9. The van der Waals surface area contributed by atoms with Crippen molar-refractivity contribution in [3.8, 4) is 28.1 Å². The summed E-state index contributed by atoms with van der Waals surface area (Å²) in [5, 5.41) is 2.57. The Hall–Kier alpha value is -4.30. The van der Waals surface area contributed by atoms with Crippen LogP contribution >= 0.6 is 0 Å². The van der Waals surface area contributed by atoms with Gasteiger partial charge in [-0.2, -0.15) is 0 Å². The molecular weight excluding hydrogens is 677 g/mol. The summed E-state index contributed by atoms with van der Waals surface area (Å²) in [6.45, 7) is 4.34. The van der Waals surface area contributed by atoms with Gasteiger partial charge in [-0.1, -0.05) is 83.4 Å². The average molecular weight is 702 g/mol. The minimum absolute atomic E-state index is 0. The van der Waals surface area contributed by atoms with Crippen LogP contribution in [0.2, 0.25) is 0 Å². The van der Waals surface area contributed by atoms with Gasteiger partial charge >= 0.3 is 0 Å².